The highest BCUT2D eigenvalue weighted by Gasteiger charge is 2.26. The summed E-state index contributed by atoms with van der Waals surface area (Å²) in [5, 5.41) is 8.83. The van der Waals surface area contributed by atoms with E-state index in [0.717, 1.165) is 4.90 Å². The fourth-order valence-corrected chi connectivity index (χ4v) is 1.24. The lowest BCUT2D eigenvalue weighted by molar-refractivity contribution is 0.0675. The van der Waals surface area contributed by atoms with E-state index in [1.807, 2.05) is 0 Å². The van der Waals surface area contributed by atoms with Crippen LogP contribution in [0.1, 0.15) is 17.3 Å². The summed E-state index contributed by atoms with van der Waals surface area (Å²) in [6.45, 7) is 1.04. The summed E-state index contributed by atoms with van der Waals surface area (Å²) in [6.07, 6.45) is 0. The highest BCUT2D eigenvalue weighted by atomic mass is 19.2. The number of carbonyl (C=O) groups is 1. The number of benzene rings is 1. The molecule has 0 fully saturated rings. The summed E-state index contributed by atoms with van der Waals surface area (Å²) in [4.78, 5) is 12.6. The Morgan fingerprint density at radius 2 is 1.83 bits per heavy atom. The van der Waals surface area contributed by atoms with Crippen LogP contribution in [0.2, 0.25) is 0 Å². The van der Waals surface area contributed by atoms with Gasteiger partial charge in [-0.2, -0.15) is 0 Å². The molecule has 1 rings (SSSR count). The van der Waals surface area contributed by atoms with Gasteiger partial charge in [-0.05, 0) is 13.0 Å². The fourth-order valence-electron chi connectivity index (χ4n) is 1.24. The highest BCUT2D eigenvalue weighted by Crippen LogP contribution is 2.20. The number of amides is 1. The average molecular weight is 265 g/mol. The minimum absolute atomic E-state index is 0.288. The zero-order chi connectivity index (χ0) is 14.0. The molecule has 0 heterocycles. The summed E-state index contributed by atoms with van der Waals surface area (Å²) >= 11 is 0. The molecule has 0 saturated carbocycles. The van der Waals surface area contributed by atoms with Crippen molar-refractivity contribution in [3.63, 3.8) is 0 Å². The van der Waals surface area contributed by atoms with Crippen LogP contribution in [0.4, 0.5) is 17.6 Å². The van der Waals surface area contributed by atoms with E-state index in [0.29, 0.717) is 0 Å². The van der Waals surface area contributed by atoms with Crippen molar-refractivity contribution in [2.75, 3.05) is 13.7 Å². The van der Waals surface area contributed by atoms with Gasteiger partial charge in [-0.1, -0.05) is 0 Å². The van der Waals surface area contributed by atoms with Crippen LogP contribution >= 0.6 is 0 Å². The van der Waals surface area contributed by atoms with Gasteiger partial charge in [0.05, 0.1) is 18.2 Å². The number of nitrogens with zero attached hydrogens (tertiary/aromatic N) is 1. The SMILES string of the molecule is CC(CO)N(C)C(=O)c1cc(F)c(F)c(F)c1F. The first-order valence-corrected chi connectivity index (χ1v) is 5.02. The molecule has 1 N–H and O–H groups in total. The molecule has 0 aliphatic carbocycles. The second-order valence-electron chi connectivity index (χ2n) is 3.80. The third kappa shape index (κ3) is 2.45. The second-order valence-corrected chi connectivity index (χ2v) is 3.80. The smallest absolute Gasteiger partial charge is 0.257 e. The molecule has 0 aromatic heterocycles. The Balaban J connectivity index is 3.22. The molecule has 18 heavy (non-hydrogen) atoms. The number of halogens is 4. The molecule has 0 radical (unpaired) electrons. The van der Waals surface area contributed by atoms with Gasteiger partial charge in [-0.3, -0.25) is 4.79 Å². The first-order chi connectivity index (χ1) is 8.31. The summed E-state index contributed by atoms with van der Waals surface area (Å²) in [7, 11) is 1.22. The number of carbonyl (C=O) groups excluding carboxylic acids is 1. The van der Waals surface area contributed by atoms with Crippen molar-refractivity contribution < 1.29 is 27.5 Å². The molecule has 1 atom stereocenters. The number of likely N-dealkylation sites (N-methyl/N-ethyl adjacent to an activating group) is 1. The first kappa shape index (κ1) is 14.4. The monoisotopic (exact) mass is 265 g/mol. The molecular formula is C11H11F4NO2. The number of hydrogen-bond acceptors (Lipinski definition) is 2. The number of aliphatic hydroxyl groups excluding tert-OH is 1. The quantitative estimate of drug-likeness (QED) is 0.513. The molecule has 100 valence electrons. The molecule has 1 unspecified atom stereocenters. The van der Waals surface area contributed by atoms with E-state index in [-0.39, 0.29) is 6.07 Å². The van der Waals surface area contributed by atoms with Gasteiger partial charge in [-0.25, -0.2) is 17.6 Å². The van der Waals surface area contributed by atoms with Crippen LogP contribution in [0.25, 0.3) is 0 Å². The Morgan fingerprint density at radius 1 is 1.28 bits per heavy atom. The van der Waals surface area contributed by atoms with Crippen LogP contribution in [0.15, 0.2) is 6.07 Å². The van der Waals surface area contributed by atoms with E-state index in [9.17, 15) is 22.4 Å². The summed E-state index contributed by atoms with van der Waals surface area (Å²) < 4.78 is 51.9. The number of hydrogen-bond donors (Lipinski definition) is 1. The van der Waals surface area contributed by atoms with Crippen molar-refractivity contribution in [2.24, 2.45) is 0 Å². The minimum atomic E-state index is -2.04. The maximum absolute atomic E-state index is 13.3. The molecule has 1 aromatic carbocycles. The van der Waals surface area contributed by atoms with E-state index in [2.05, 4.69) is 0 Å². The predicted molar refractivity (Wildman–Crippen MR) is 54.9 cm³/mol. The maximum Gasteiger partial charge on any atom is 0.257 e. The van der Waals surface area contributed by atoms with Crippen LogP contribution in [-0.2, 0) is 0 Å². The lowest BCUT2D eigenvalue weighted by atomic mass is 10.1. The van der Waals surface area contributed by atoms with E-state index < -0.39 is 47.4 Å². The van der Waals surface area contributed by atoms with Crippen molar-refractivity contribution in [3.05, 3.63) is 34.9 Å². The van der Waals surface area contributed by atoms with Gasteiger partial charge in [0.25, 0.3) is 5.91 Å². The second kappa shape index (κ2) is 5.34. The lowest BCUT2D eigenvalue weighted by Crippen LogP contribution is -2.38. The van der Waals surface area contributed by atoms with Crippen molar-refractivity contribution in [1.82, 2.24) is 4.90 Å². The molecule has 1 amide bonds. The van der Waals surface area contributed by atoms with E-state index in [1.54, 1.807) is 0 Å². The molecule has 0 bridgehead atoms. The molecule has 0 spiro atoms. The van der Waals surface area contributed by atoms with Gasteiger partial charge >= 0.3 is 0 Å². The van der Waals surface area contributed by atoms with Crippen LogP contribution in [0, 0.1) is 23.3 Å². The summed E-state index contributed by atoms with van der Waals surface area (Å²) in [5.41, 5.74) is -0.922. The Hall–Kier alpha value is -1.63. The number of aliphatic hydroxyl groups is 1. The van der Waals surface area contributed by atoms with E-state index in [1.165, 1.54) is 14.0 Å². The Kier molecular flexibility index (Phi) is 4.28. The van der Waals surface area contributed by atoms with Crippen LogP contribution in [0.5, 0.6) is 0 Å². The Bertz CT molecular complexity index is 479. The predicted octanol–water partition coefficient (Wildman–Crippen LogP) is 1.70. The van der Waals surface area contributed by atoms with E-state index >= 15 is 0 Å². The highest BCUT2D eigenvalue weighted by molar-refractivity contribution is 5.94. The molecule has 0 aliphatic heterocycles. The van der Waals surface area contributed by atoms with Crippen molar-refractivity contribution in [2.45, 2.75) is 13.0 Å². The molecule has 1 aromatic rings. The molecule has 7 heteroatoms. The van der Waals surface area contributed by atoms with Crippen molar-refractivity contribution in [1.29, 1.82) is 0 Å². The summed E-state index contributed by atoms with van der Waals surface area (Å²) in [6, 6.07) is -0.385. The van der Waals surface area contributed by atoms with Crippen molar-refractivity contribution in [3.8, 4) is 0 Å². The minimum Gasteiger partial charge on any atom is -0.394 e. The van der Waals surface area contributed by atoms with E-state index in [4.69, 9.17) is 5.11 Å². The lowest BCUT2D eigenvalue weighted by Gasteiger charge is -2.23. The largest absolute Gasteiger partial charge is 0.394 e. The van der Waals surface area contributed by atoms with Crippen LogP contribution in [-0.4, -0.2) is 35.6 Å². The first-order valence-electron chi connectivity index (χ1n) is 5.02. The maximum atomic E-state index is 13.3. The van der Waals surface area contributed by atoms with Gasteiger partial charge in [0.2, 0.25) is 0 Å². The third-order valence-electron chi connectivity index (χ3n) is 2.58. The zero-order valence-corrected chi connectivity index (χ0v) is 9.68. The zero-order valence-electron chi connectivity index (χ0n) is 9.68. The van der Waals surface area contributed by atoms with Crippen molar-refractivity contribution >= 4 is 5.91 Å². The van der Waals surface area contributed by atoms with Gasteiger partial charge in [-0.15, -0.1) is 0 Å². The molecule has 3 nitrogen and oxygen atoms in total. The Labute approximate surface area is 101 Å². The third-order valence-corrected chi connectivity index (χ3v) is 2.58. The van der Waals surface area contributed by atoms with Gasteiger partial charge in [0.15, 0.2) is 23.3 Å². The van der Waals surface area contributed by atoms with Crippen LogP contribution < -0.4 is 0 Å². The molecular weight excluding hydrogens is 254 g/mol. The average Bonchev–Trinajstić information content (AvgIpc) is 2.37. The van der Waals surface area contributed by atoms with Gasteiger partial charge in [0.1, 0.15) is 0 Å². The Morgan fingerprint density at radius 3 is 2.33 bits per heavy atom. The fraction of sp³-hybridized carbons (Fsp3) is 0.364. The normalized spacial score (nSPS) is 12.4. The molecule has 0 saturated heterocycles. The topological polar surface area (TPSA) is 40.5 Å². The summed E-state index contributed by atoms with van der Waals surface area (Å²) in [5.74, 6) is -8.46. The van der Waals surface area contributed by atoms with Gasteiger partial charge < -0.3 is 10.0 Å². The molecule has 0 aliphatic rings. The standard InChI is InChI=1S/C11H11F4NO2/c1-5(4-17)16(2)11(18)6-3-7(12)9(14)10(15)8(6)13/h3,5,17H,4H2,1-2H3. The number of rotatable bonds is 3. The van der Waals surface area contributed by atoms with Gasteiger partial charge in [0, 0.05) is 7.05 Å². The van der Waals surface area contributed by atoms with Crippen LogP contribution in [0.3, 0.4) is 0 Å².